The number of nitrogens with two attached hydrogens (primary N) is 2. The van der Waals surface area contributed by atoms with Crippen LogP contribution >= 0.6 is 35.9 Å². The Hall–Kier alpha value is -1.67. The van der Waals surface area contributed by atoms with Crippen molar-refractivity contribution in [1.82, 2.24) is 34.1 Å². The van der Waals surface area contributed by atoms with Crippen molar-refractivity contribution >= 4 is 87.9 Å². The highest BCUT2D eigenvalue weighted by atomic mass is 32.9. The highest BCUT2D eigenvalue weighted by molar-refractivity contribution is 8.60. The van der Waals surface area contributed by atoms with Gasteiger partial charge in [0.1, 0.15) is 18.3 Å². The molecule has 4 aromatic heterocycles. The fourth-order valence-electron chi connectivity index (χ4n) is 5.36. The van der Waals surface area contributed by atoms with Gasteiger partial charge in [-0.15, -0.1) is 0 Å². The number of fused-ring (bicyclic) bond motifs is 5. The van der Waals surface area contributed by atoms with E-state index in [0.29, 0.717) is 29.9 Å². The Morgan fingerprint density at radius 2 is 1.77 bits per heavy atom. The normalized spacial score (nSPS) is 35.4. The van der Waals surface area contributed by atoms with Crippen molar-refractivity contribution in [3.05, 3.63) is 40.8 Å². The number of nitrogen functional groups attached to an aromatic ring is 2. The molecule has 0 spiro atoms. The lowest BCUT2D eigenvalue weighted by atomic mass is 10.1. The van der Waals surface area contributed by atoms with Crippen molar-refractivity contribution in [3.8, 4) is 0 Å². The largest absolute Gasteiger partial charge is 0.396 e. The molecule has 3 aliphatic heterocycles. The first-order valence-electron chi connectivity index (χ1n) is 12.9. The van der Waals surface area contributed by atoms with E-state index in [1.807, 2.05) is 0 Å². The number of nitrogens with one attached hydrogen (secondary N) is 1. The first-order valence-corrected chi connectivity index (χ1v) is 20.5. The van der Waals surface area contributed by atoms with Gasteiger partial charge in [-0.05, 0) is 29.7 Å². The van der Waals surface area contributed by atoms with E-state index in [0.717, 1.165) is 0 Å². The third-order valence-electron chi connectivity index (χ3n) is 7.22. The van der Waals surface area contributed by atoms with Gasteiger partial charge in [0, 0.05) is 12.8 Å². The molecule has 3 saturated heterocycles. The number of imidazole rings is 2. The smallest absolute Gasteiger partial charge is 0.280 e. The number of thiol groups is 2. The Morgan fingerprint density at radius 3 is 2.58 bits per heavy atom. The molecule has 0 radical (unpaired) electrons. The highest BCUT2D eigenvalue weighted by Crippen LogP contribution is 2.60. The van der Waals surface area contributed by atoms with Crippen LogP contribution in [0.5, 0.6) is 0 Å². The molecule has 3 fully saturated rings. The van der Waals surface area contributed by atoms with Crippen LogP contribution in [0.4, 0.5) is 11.6 Å². The first-order chi connectivity index (χ1) is 20.5. The van der Waals surface area contributed by atoms with E-state index in [2.05, 4.69) is 49.5 Å². The van der Waals surface area contributed by atoms with Crippen LogP contribution in [0.15, 0.2) is 29.6 Å². The van der Waals surface area contributed by atoms with E-state index >= 15 is 0 Å². The molecular weight excluding hydrogens is 681 g/mol. The third-order valence-corrected chi connectivity index (χ3v) is 11.7. The molecule has 16 nitrogen and oxygen atoms in total. The topological polar surface area (TPSA) is 201 Å². The van der Waals surface area contributed by atoms with Crippen molar-refractivity contribution in [2.45, 2.75) is 49.6 Å². The maximum atomic E-state index is 12.4. The fraction of sp³-hybridized carbons (Fsp3) is 0.476. The Labute approximate surface area is 263 Å². The van der Waals surface area contributed by atoms with Crippen molar-refractivity contribution in [1.29, 1.82) is 0 Å². The summed E-state index contributed by atoms with van der Waals surface area (Å²) in [6.07, 6.45) is 1.78. The maximum Gasteiger partial charge on any atom is 0.280 e. The maximum absolute atomic E-state index is 12.4. The van der Waals surface area contributed by atoms with Crippen LogP contribution in [-0.4, -0.2) is 71.7 Å². The molecule has 22 heteroatoms. The van der Waals surface area contributed by atoms with Gasteiger partial charge in [-0.2, -0.15) is 10.1 Å². The number of hydrogen-bond donors (Lipinski definition) is 5. The minimum Gasteiger partial charge on any atom is -0.396 e. The van der Waals surface area contributed by atoms with Crippen LogP contribution in [0.25, 0.3) is 16.8 Å². The quantitative estimate of drug-likeness (QED) is 0.150. The van der Waals surface area contributed by atoms with Crippen LogP contribution in [-0.2, 0) is 51.2 Å². The standard InChI is InChI=1S/C21H25N9O7P2S4/c22-10-1-2-26-30-11(5-24-17(10)30)12-4-13-15(35-12)7-33-39(42,43)37-14-3-9(6-32-38(40,41)36-13)34-20(14)29-8-25-16-18(29)27-21(23)28-19(16)31/h1-2,5,8-9,12-15,20H,3-4,6-7,22H2,(H,40,41)(H,42,43)(H3,23,27,28,31)/t9-,12+,13-,14+,15+,20+/m0/s1. The summed E-state index contributed by atoms with van der Waals surface area (Å²) >= 11 is 20.6. The van der Waals surface area contributed by atoms with Crippen molar-refractivity contribution in [2.75, 3.05) is 24.7 Å². The zero-order valence-corrected chi connectivity index (χ0v) is 27.1. The van der Waals surface area contributed by atoms with Gasteiger partial charge in [0.05, 0.1) is 55.5 Å². The predicted molar refractivity (Wildman–Crippen MR) is 169 cm³/mol. The number of hydrogen-bond acceptors (Lipinski definition) is 15. The van der Waals surface area contributed by atoms with Gasteiger partial charge in [-0.3, -0.25) is 14.3 Å². The summed E-state index contributed by atoms with van der Waals surface area (Å²) in [5, 5.41) is 4.37. The molecule has 2 unspecified atom stereocenters. The van der Waals surface area contributed by atoms with Crippen molar-refractivity contribution in [2.24, 2.45) is 0 Å². The molecule has 0 aromatic carbocycles. The second kappa shape index (κ2) is 11.3. The molecule has 8 atom stereocenters. The summed E-state index contributed by atoms with van der Waals surface area (Å²) in [6.45, 7) is 0.0366. The number of rotatable bonds is 2. The zero-order chi connectivity index (χ0) is 30.1. The number of aromatic amines is 1. The van der Waals surface area contributed by atoms with Gasteiger partial charge >= 0.3 is 0 Å². The molecule has 7 heterocycles. The molecule has 4 aromatic rings. The van der Waals surface area contributed by atoms with Crippen molar-refractivity contribution < 1.29 is 27.6 Å². The van der Waals surface area contributed by atoms with Crippen LogP contribution in [0.3, 0.4) is 0 Å². The summed E-state index contributed by atoms with van der Waals surface area (Å²) in [4.78, 5) is 27.6. The SMILES string of the molecule is Nc1nc2c(ncn2[C@@H]2O[C@@H]3COP(=S)(S)O[C@H]4C[C@H](c5cnc6c(N)ccnn56)O[C@@H]4COP(=S)(S)O[C@@H]2C3)c(=O)[nH]1. The minimum absolute atomic E-state index is 0.0134. The number of anilines is 2. The van der Waals surface area contributed by atoms with Crippen LogP contribution in [0.2, 0.25) is 0 Å². The second-order valence-corrected chi connectivity index (χ2v) is 20.6. The summed E-state index contributed by atoms with van der Waals surface area (Å²) in [5.74, 6) is -0.0695. The molecule has 0 aliphatic carbocycles. The van der Waals surface area contributed by atoms with E-state index in [-0.39, 0.29) is 30.3 Å². The molecular formula is C21H25N9O7P2S4. The fourth-order valence-corrected chi connectivity index (χ4v) is 9.42. The van der Waals surface area contributed by atoms with Crippen molar-refractivity contribution in [3.63, 3.8) is 0 Å². The average Bonchev–Trinajstić information content (AvgIpc) is 3.71. The molecule has 0 amide bonds. The lowest BCUT2D eigenvalue weighted by Gasteiger charge is -2.28. The lowest BCUT2D eigenvalue weighted by Crippen LogP contribution is -2.28. The molecule has 230 valence electrons. The molecule has 7 rings (SSSR count). The van der Waals surface area contributed by atoms with E-state index in [9.17, 15) is 4.79 Å². The summed E-state index contributed by atoms with van der Waals surface area (Å²) in [7, 11) is 0. The Morgan fingerprint density at radius 1 is 1.00 bits per heavy atom. The third kappa shape index (κ3) is 5.89. The molecule has 2 bridgehead atoms. The number of ether oxygens (including phenoxy) is 2. The van der Waals surface area contributed by atoms with Crippen LogP contribution in [0, 0.1) is 0 Å². The minimum atomic E-state index is -3.18. The molecule has 0 saturated carbocycles. The molecule has 5 N–H and O–H groups in total. The number of nitrogens with zero attached hydrogens (tertiary/aromatic N) is 6. The van der Waals surface area contributed by atoms with E-state index < -0.39 is 53.7 Å². The predicted octanol–water partition coefficient (Wildman–Crippen LogP) is 2.27. The van der Waals surface area contributed by atoms with Gasteiger partial charge in [0.2, 0.25) is 17.3 Å². The first kappa shape index (κ1) is 30.0. The van der Waals surface area contributed by atoms with Gasteiger partial charge < -0.3 is 39.0 Å². The van der Waals surface area contributed by atoms with Crippen LogP contribution < -0.4 is 17.0 Å². The van der Waals surface area contributed by atoms with E-state index in [4.69, 9.17) is 62.6 Å². The average molecular weight is 706 g/mol. The monoisotopic (exact) mass is 705 g/mol. The number of H-pyrrole nitrogens is 1. The Bertz CT molecular complexity index is 1870. The molecule has 3 aliphatic rings. The number of aromatic nitrogens is 7. The van der Waals surface area contributed by atoms with Gasteiger partial charge in [0.25, 0.3) is 5.56 Å². The van der Waals surface area contributed by atoms with Gasteiger partial charge in [-0.1, -0.05) is 24.5 Å². The summed E-state index contributed by atoms with van der Waals surface area (Å²) in [6, 6.07) is 1.67. The Balaban J connectivity index is 1.17. The van der Waals surface area contributed by atoms with E-state index in [1.54, 1.807) is 27.5 Å². The second-order valence-electron chi connectivity index (χ2n) is 10.1. The van der Waals surface area contributed by atoms with E-state index in [1.165, 1.54) is 6.33 Å². The van der Waals surface area contributed by atoms with Gasteiger partial charge in [0.15, 0.2) is 23.0 Å². The van der Waals surface area contributed by atoms with Gasteiger partial charge in [-0.25, -0.2) is 14.5 Å². The highest BCUT2D eigenvalue weighted by Gasteiger charge is 2.45. The molecule has 43 heavy (non-hydrogen) atoms. The Kier molecular flexibility index (Phi) is 7.88. The summed E-state index contributed by atoms with van der Waals surface area (Å²) in [5.41, 5.74) is 7.09. The van der Waals surface area contributed by atoms with Crippen LogP contribution in [0.1, 0.15) is 30.9 Å². The lowest BCUT2D eigenvalue weighted by molar-refractivity contribution is -0.0469. The summed E-state index contributed by atoms with van der Waals surface area (Å²) < 4.78 is 40.5. The zero-order valence-electron chi connectivity index (χ0n) is 21.9.